The lowest BCUT2D eigenvalue weighted by atomic mass is 10.2. The van der Waals surface area contributed by atoms with Gasteiger partial charge in [0.05, 0.1) is 29.4 Å². The summed E-state index contributed by atoms with van der Waals surface area (Å²) in [4.78, 5) is 4.51. The highest BCUT2D eigenvalue weighted by atomic mass is 19.4. The Hall–Kier alpha value is -3.45. The van der Waals surface area contributed by atoms with Gasteiger partial charge in [-0.15, -0.1) is 5.10 Å². The lowest BCUT2D eigenvalue weighted by Gasteiger charge is -2.23. The Bertz CT molecular complexity index is 1050. The van der Waals surface area contributed by atoms with Crippen molar-refractivity contribution in [1.82, 2.24) is 25.1 Å². The van der Waals surface area contributed by atoms with E-state index in [0.29, 0.717) is 23.6 Å². The molecule has 4 rings (SSSR count). The topological polar surface area (TPSA) is 73.9 Å². The van der Waals surface area contributed by atoms with Crippen molar-refractivity contribution < 1.29 is 13.2 Å². The number of rotatable bonds is 4. The Morgan fingerprint density at radius 2 is 1.61 bits per heavy atom. The number of hydrogen-bond acceptors (Lipinski definition) is 6. The summed E-state index contributed by atoms with van der Waals surface area (Å²) >= 11 is 0. The second kappa shape index (κ2) is 8.73. The van der Waals surface area contributed by atoms with Crippen molar-refractivity contribution in [1.29, 1.82) is 5.26 Å². The SMILES string of the molecule is N#Cc1ccc(N2CCCN(Cc3nnnn3-c3ccc(C(F)(F)F)cc3)CC2)cc1. The lowest BCUT2D eigenvalue weighted by Crippen LogP contribution is -2.31. The van der Waals surface area contributed by atoms with E-state index < -0.39 is 11.7 Å². The smallest absolute Gasteiger partial charge is 0.370 e. The highest BCUT2D eigenvalue weighted by Crippen LogP contribution is 2.29. The summed E-state index contributed by atoms with van der Waals surface area (Å²) < 4.78 is 39.9. The van der Waals surface area contributed by atoms with Crippen LogP contribution in [0.3, 0.4) is 0 Å². The number of alkyl halides is 3. The molecular formula is C21H20F3N7. The monoisotopic (exact) mass is 427 g/mol. The van der Waals surface area contributed by atoms with Crippen LogP contribution in [0.4, 0.5) is 18.9 Å². The molecule has 1 saturated heterocycles. The number of nitrogens with zero attached hydrogens (tertiary/aromatic N) is 7. The van der Waals surface area contributed by atoms with Crippen molar-refractivity contribution in [3.8, 4) is 11.8 Å². The highest BCUT2D eigenvalue weighted by molar-refractivity contribution is 5.49. The van der Waals surface area contributed by atoms with E-state index >= 15 is 0 Å². The molecule has 0 N–H and O–H groups in total. The third-order valence-corrected chi connectivity index (χ3v) is 5.29. The average molecular weight is 427 g/mol. The van der Waals surface area contributed by atoms with Gasteiger partial charge < -0.3 is 4.90 Å². The van der Waals surface area contributed by atoms with E-state index in [0.717, 1.165) is 50.4 Å². The minimum atomic E-state index is -4.38. The minimum Gasteiger partial charge on any atom is -0.370 e. The molecule has 0 aliphatic carbocycles. The lowest BCUT2D eigenvalue weighted by molar-refractivity contribution is -0.137. The van der Waals surface area contributed by atoms with Crippen molar-refractivity contribution in [2.45, 2.75) is 19.1 Å². The Morgan fingerprint density at radius 1 is 0.903 bits per heavy atom. The fourth-order valence-corrected chi connectivity index (χ4v) is 3.63. The van der Waals surface area contributed by atoms with Crippen LogP contribution in [0.15, 0.2) is 48.5 Å². The van der Waals surface area contributed by atoms with Crippen LogP contribution in [0.2, 0.25) is 0 Å². The van der Waals surface area contributed by atoms with Crippen LogP contribution in [0.1, 0.15) is 23.4 Å². The number of aromatic nitrogens is 4. The molecule has 7 nitrogen and oxygen atoms in total. The summed E-state index contributed by atoms with van der Waals surface area (Å²) in [6.07, 6.45) is -3.43. The minimum absolute atomic E-state index is 0.488. The van der Waals surface area contributed by atoms with Crippen LogP contribution in [0, 0.1) is 11.3 Å². The van der Waals surface area contributed by atoms with Crippen LogP contribution in [-0.4, -0.2) is 51.3 Å². The number of halogens is 3. The summed E-state index contributed by atoms with van der Waals surface area (Å²) in [6, 6.07) is 14.5. The zero-order valence-electron chi connectivity index (χ0n) is 16.6. The number of benzene rings is 2. The summed E-state index contributed by atoms with van der Waals surface area (Å²) in [5.41, 5.74) is 1.49. The van der Waals surface area contributed by atoms with Gasteiger partial charge in [-0.25, -0.2) is 0 Å². The maximum Gasteiger partial charge on any atom is 0.416 e. The third kappa shape index (κ3) is 4.83. The molecular weight excluding hydrogens is 407 g/mol. The van der Waals surface area contributed by atoms with Gasteiger partial charge in [-0.05, 0) is 65.4 Å². The predicted octanol–water partition coefficient (Wildman–Crippen LogP) is 3.27. The first-order valence-electron chi connectivity index (χ1n) is 9.86. The molecule has 3 aromatic rings. The molecule has 1 aromatic heterocycles. The molecule has 10 heteroatoms. The van der Waals surface area contributed by atoms with E-state index in [4.69, 9.17) is 5.26 Å². The maximum absolute atomic E-state index is 12.8. The Labute approximate surface area is 177 Å². The van der Waals surface area contributed by atoms with Crippen LogP contribution in [0.25, 0.3) is 5.69 Å². The second-order valence-corrected chi connectivity index (χ2v) is 7.33. The van der Waals surface area contributed by atoms with Gasteiger partial charge in [0.2, 0.25) is 0 Å². The number of anilines is 1. The summed E-state index contributed by atoms with van der Waals surface area (Å²) in [5, 5.41) is 20.7. The molecule has 1 aliphatic rings. The van der Waals surface area contributed by atoms with E-state index in [-0.39, 0.29) is 0 Å². The molecule has 0 saturated carbocycles. The van der Waals surface area contributed by atoms with Gasteiger partial charge in [-0.1, -0.05) is 0 Å². The molecule has 0 spiro atoms. The largest absolute Gasteiger partial charge is 0.416 e. The van der Waals surface area contributed by atoms with Gasteiger partial charge in [0.25, 0.3) is 0 Å². The molecule has 2 aromatic carbocycles. The maximum atomic E-state index is 12.8. The van der Waals surface area contributed by atoms with E-state index in [9.17, 15) is 13.2 Å². The first kappa shape index (κ1) is 20.8. The van der Waals surface area contributed by atoms with Gasteiger partial charge in [0, 0.05) is 31.9 Å². The Balaban J connectivity index is 1.42. The summed E-state index contributed by atoms with van der Waals surface area (Å²) in [5.74, 6) is 0.576. The van der Waals surface area contributed by atoms with E-state index in [1.165, 1.54) is 16.8 Å². The van der Waals surface area contributed by atoms with E-state index in [1.54, 1.807) is 0 Å². The first-order chi connectivity index (χ1) is 14.9. The van der Waals surface area contributed by atoms with Crippen molar-refractivity contribution in [2.75, 3.05) is 31.1 Å². The molecule has 160 valence electrons. The summed E-state index contributed by atoms with van der Waals surface area (Å²) in [7, 11) is 0. The Kier molecular flexibility index (Phi) is 5.86. The summed E-state index contributed by atoms with van der Waals surface area (Å²) in [6.45, 7) is 3.85. The van der Waals surface area contributed by atoms with Crippen LogP contribution >= 0.6 is 0 Å². The van der Waals surface area contributed by atoms with Crippen LogP contribution in [0.5, 0.6) is 0 Å². The first-order valence-corrected chi connectivity index (χ1v) is 9.86. The van der Waals surface area contributed by atoms with Crippen molar-refractivity contribution in [3.63, 3.8) is 0 Å². The van der Waals surface area contributed by atoms with Crippen LogP contribution in [-0.2, 0) is 12.7 Å². The third-order valence-electron chi connectivity index (χ3n) is 5.29. The normalized spacial score (nSPS) is 15.5. The average Bonchev–Trinajstić information content (AvgIpc) is 3.10. The molecule has 0 bridgehead atoms. The molecule has 31 heavy (non-hydrogen) atoms. The fourth-order valence-electron chi connectivity index (χ4n) is 3.63. The quantitative estimate of drug-likeness (QED) is 0.636. The molecule has 0 atom stereocenters. The number of nitriles is 1. The van der Waals surface area contributed by atoms with Crippen molar-refractivity contribution in [3.05, 3.63) is 65.5 Å². The predicted molar refractivity (Wildman–Crippen MR) is 107 cm³/mol. The second-order valence-electron chi connectivity index (χ2n) is 7.33. The molecule has 0 amide bonds. The van der Waals surface area contributed by atoms with E-state index in [1.807, 2.05) is 24.3 Å². The van der Waals surface area contributed by atoms with Gasteiger partial charge in [0.15, 0.2) is 5.82 Å². The van der Waals surface area contributed by atoms with Gasteiger partial charge in [-0.3, -0.25) is 4.90 Å². The van der Waals surface area contributed by atoms with Crippen molar-refractivity contribution >= 4 is 5.69 Å². The van der Waals surface area contributed by atoms with Gasteiger partial charge >= 0.3 is 6.18 Å². The van der Waals surface area contributed by atoms with E-state index in [2.05, 4.69) is 31.4 Å². The number of hydrogen-bond donors (Lipinski definition) is 0. The highest BCUT2D eigenvalue weighted by Gasteiger charge is 2.30. The standard InChI is InChI=1S/C21H20F3N7/c22-21(23,24)17-4-8-19(9-5-17)31-20(26-27-28-31)15-29-10-1-11-30(13-12-29)18-6-2-16(14-25)3-7-18/h2-9H,1,10-13,15H2. The van der Waals surface area contributed by atoms with Crippen LogP contribution < -0.4 is 4.90 Å². The van der Waals surface area contributed by atoms with Crippen molar-refractivity contribution in [2.24, 2.45) is 0 Å². The molecule has 0 radical (unpaired) electrons. The zero-order chi connectivity index (χ0) is 21.8. The zero-order valence-corrected chi connectivity index (χ0v) is 16.6. The van der Waals surface area contributed by atoms with Gasteiger partial charge in [-0.2, -0.15) is 23.1 Å². The van der Waals surface area contributed by atoms with Gasteiger partial charge in [0.1, 0.15) is 0 Å². The molecule has 1 fully saturated rings. The number of tetrazole rings is 1. The molecule has 0 unspecified atom stereocenters. The molecule has 1 aliphatic heterocycles. The molecule has 2 heterocycles. The fraction of sp³-hybridized carbons (Fsp3) is 0.333. The Morgan fingerprint density at radius 3 is 2.29 bits per heavy atom.